The van der Waals surface area contributed by atoms with E-state index in [0.29, 0.717) is 0 Å². The van der Waals surface area contributed by atoms with Crippen molar-refractivity contribution in [1.29, 1.82) is 0 Å². The standard InChI is InChI=1S/C25H31N3/c1-3-5-8-14-23-26-24(15-9-6-4-2)28-25(27-23)22-18-16-21(17-19-22)20-12-10-7-11-13-20/h7,10-13,16-19H,3-6,8-9,14-15H2,1-2H3. The van der Waals surface area contributed by atoms with Crippen molar-refractivity contribution >= 4 is 0 Å². The molecule has 0 radical (unpaired) electrons. The lowest BCUT2D eigenvalue weighted by molar-refractivity contribution is 0.661. The van der Waals surface area contributed by atoms with Crippen molar-refractivity contribution in [2.75, 3.05) is 0 Å². The monoisotopic (exact) mass is 373 g/mol. The molecule has 3 aromatic rings. The van der Waals surface area contributed by atoms with Gasteiger partial charge in [-0.05, 0) is 24.0 Å². The van der Waals surface area contributed by atoms with E-state index in [2.05, 4.69) is 62.4 Å². The summed E-state index contributed by atoms with van der Waals surface area (Å²) in [5, 5.41) is 0. The first-order chi connectivity index (χ1) is 13.8. The van der Waals surface area contributed by atoms with E-state index >= 15 is 0 Å². The molecular weight excluding hydrogens is 342 g/mol. The number of aromatic nitrogens is 3. The van der Waals surface area contributed by atoms with Crippen LogP contribution in [0.25, 0.3) is 22.5 Å². The van der Waals surface area contributed by atoms with Crippen LogP contribution < -0.4 is 0 Å². The highest BCUT2D eigenvalue weighted by molar-refractivity contribution is 5.67. The largest absolute Gasteiger partial charge is 0.218 e. The van der Waals surface area contributed by atoms with Crippen molar-refractivity contribution in [3.63, 3.8) is 0 Å². The molecule has 28 heavy (non-hydrogen) atoms. The van der Waals surface area contributed by atoms with Crippen molar-refractivity contribution in [2.24, 2.45) is 0 Å². The molecule has 0 spiro atoms. The average molecular weight is 374 g/mol. The fourth-order valence-electron chi connectivity index (χ4n) is 3.33. The normalized spacial score (nSPS) is 10.9. The number of rotatable bonds is 10. The van der Waals surface area contributed by atoms with Crippen molar-refractivity contribution in [3.8, 4) is 22.5 Å². The van der Waals surface area contributed by atoms with Crippen LogP contribution in [-0.2, 0) is 12.8 Å². The fraction of sp³-hybridized carbons (Fsp3) is 0.400. The first-order valence-corrected chi connectivity index (χ1v) is 10.7. The maximum atomic E-state index is 4.78. The van der Waals surface area contributed by atoms with Crippen molar-refractivity contribution in [3.05, 3.63) is 66.2 Å². The van der Waals surface area contributed by atoms with Crippen LogP contribution in [0.1, 0.15) is 64.0 Å². The quantitative estimate of drug-likeness (QED) is 0.372. The van der Waals surface area contributed by atoms with Crippen LogP contribution in [0.5, 0.6) is 0 Å². The van der Waals surface area contributed by atoms with E-state index < -0.39 is 0 Å². The van der Waals surface area contributed by atoms with Gasteiger partial charge in [-0.3, -0.25) is 0 Å². The van der Waals surface area contributed by atoms with Crippen LogP contribution in [0, 0.1) is 0 Å². The van der Waals surface area contributed by atoms with Crippen molar-refractivity contribution < 1.29 is 0 Å². The first-order valence-electron chi connectivity index (χ1n) is 10.7. The fourth-order valence-corrected chi connectivity index (χ4v) is 3.33. The van der Waals surface area contributed by atoms with E-state index in [4.69, 9.17) is 15.0 Å². The summed E-state index contributed by atoms with van der Waals surface area (Å²) in [5.74, 6) is 2.70. The predicted molar refractivity (Wildman–Crippen MR) is 117 cm³/mol. The molecule has 0 aliphatic carbocycles. The van der Waals surface area contributed by atoms with E-state index in [1.807, 2.05) is 6.07 Å². The second kappa shape index (κ2) is 10.7. The van der Waals surface area contributed by atoms with E-state index in [9.17, 15) is 0 Å². The molecule has 1 heterocycles. The number of hydrogen-bond acceptors (Lipinski definition) is 3. The summed E-state index contributed by atoms with van der Waals surface area (Å²) in [6, 6.07) is 19.0. The van der Waals surface area contributed by atoms with Gasteiger partial charge >= 0.3 is 0 Å². The maximum Gasteiger partial charge on any atom is 0.163 e. The smallest absolute Gasteiger partial charge is 0.163 e. The maximum absolute atomic E-state index is 4.78. The van der Waals surface area contributed by atoms with Gasteiger partial charge in [0.2, 0.25) is 0 Å². The van der Waals surface area contributed by atoms with E-state index in [-0.39, 0.29) is 0 Å². The molecule has 0 saturated carbocycles. The van der Waals surface area contributed by atoms with Crippen LogP contribution in [0.2, 0.25) is 0 Å². The van der Waals surface area contributed by atoms with Gasteiger partial charge < -0.3 is 0 Å². The third-order valence-electron chi connectivity index (χ3n) is 4.99. The van der Waals surface area contributed by atoms with Gasteiger partial charge in [0, 0.05) is 18.4 Å². The number of benzene rings is 2. The van der Waals surface area contributed by atoms with Crippen LogP contribution in [0.15, 0.2) is 54.6 Å². The highest BCUT2D eigenvalue weighted by Gasteiger charge is 2.09. The summed E-state index contributed by atoms with van der Waals surface area (Å²) in [7, 11) is 0. The Kier molecular flexibility index (Phi) is 7.71. The summed E-state index contributed by atoms with van der Waals surface area (Å²) >= 11 is 0. The zero-order chi connectivity index (χ0) is 19.6. The lowest BCUT2D eigenvalue weighted by Crippen LogP contribution is -2.06. The van der Waals surface area contributed by atoms with Gasteiger partial charge in [0.25, 0.3) is 0 Å². The Morgan fingerprint density at radius 1 is 0.536 bits per heavy atom. The summed E-state index contributed by atoms with van der Waals surface area (Å²) in [6.07, 6.45) is 9.02. The molecule has 0 N–H and O–H groups in total. The molecule has 0 fully saturated rings. The number of hydrogen-bond donors (Lipinski definition) is 0. The third kappa shape index (κ3) is 5.72. The molecule has 2 aromatic carbocycles. The summed E-state index contributed by atoms with van der Waals surface area (Å²) < 4.78 is 0. The number of aryl methyl sites for hydroxylation is 2. The molecule has 146 valence electrons. The van der Waals surface area contributed by atoms with Gasteiger partial charge in [-0.25, -0.2) is 15.0 Å². The summed E-state index contributed by atoms with van der Waals surface area (Å²) in [5.41, 5.74) is 3.51. The molecule has 0 aliphatic heterocycles. The van der Waals surface area contributed by atoms with Crippen LogP contribution in [0.3, 0.4) is 0 Å². The SMILES string of the molecule is CCCCCc1nc(CCCCC)nc(-c2ccc(-c3ccccc3)cc2)n1. The van der Waals surface area contributed by atoms with Gasteiger partial charge in [0.1, 0.15) is 11.6 Å². The topological polar surface area (TPSA) is 38.7 Å². The lowest BCUT2D eigenvalue weighted by Gasteiger charge is -2.08. The minimum absolute atomic E-state index is 0.813. The molecule has 0 atom stereocenters. The van der Waals surface area contributed by atoms with E-state index in [0.717, 1.165) is 48.7 Å². The highest BCUT2D eigenvalue weighted by Crippen LogP contribution is 2.23. The highest BCUT2D eigenvalue weighted by atomic mass is 15.0. The molecule has 0 unspecified atom stereocenters. The summed E-state index contributed by atoms with van der Waals surface area (Å²) in [4.78, 5) is 14.3. The first kappa shape index (κ1) is 20.2. The molecule has 1 aromatic heterocycles. The van der Waals surface area contributed by atoms with Gasteiger partial charge in [0.15, 0.2) is 5.82 Å². The molecule has 3 heteroatoms. The second-order valence-corrected chi connectivity index (χ2v) is 7.35. The molecule has 3 rings (SSSR count). The molecule has 0 bridgehead atoms. The van der Waals surface area contributed by atoms with Crippen molar-refractivity contribution in [1.82, 2.24) is 15.0 Å². The second-order valence-electron chi connectivity index (χ2n) is 7.35. The molecule has 0 aliphatic rings. The summed E-state index contributed by atoms with van der Waals surface area (Å²) in [6.45, 7) is 4.45. The zero-order valence-electron chi connectivity index (χ0n) is 17.2. The van der Waals surface area contributed by atoms with E-state index in [1.165, 1.54) is 36.8 Å². The van der Waals surface area contributed by atoms with Gasteiger partial charge in [-0.15, -0.1) is 0 Å². The molecule has 0 amide bonds. The Labute approximate surface area is 169 Å². The Morgan fingerprint density at radius 3 is 1.57 bits per heavy atom. The Morgan fingerprint density at radius 2 is 1.04 bits per heavy atom. The lowest BCUT2D eigenvalue weighted by atomic mass is 10.0. The molecular formula is C25H31N3. The van der Waals surface area contributed by atoms with Crippen molar-refractivity contribution in [2.45, 2.75) is 65.2 Å². The van der Waals surface area contributed by atoms with Crippen LogP contribution in [0.4, 0.5) is 0 Å². The van der Waals surface area contributed by atoms with E-state index in [1.54, 1.807) is 0 Å². The van der Waals surface area contributed by atoms with Gasteiger partial charge in [-0.2, -0.15) is 0 Å². The third-order valence-corrected chi connectivity index (χ3v) is 4.99. The number of unbranched alkanes of at least 4 members (excludes halogenated alkanes) is 4. The molecule has 0 saturated heterocycles. The van der Waals surface area contributed by atoms with Crippen LogP contribution in [-0.4, -0.2) is 15.0 Å². The Balaban J connectivity index is 1.83. The Hall–Kier alpha value is -2.55. The minimum atomic E-state index is 0.813. The van der Waals surface area contributed by atoms with Gasteiger partial charge in [-0.1, -0.05) is 94.1 Å². The molecule has 3 nitrogen and oxygen atoms in total. The van der Waals surface area contributed by atoms with Crippen LogP contribution >= 0.6 is 0 Å². The average Bonchev–Trinajstić information content (AvgIpc) is 2.75. The Bertz CT molecular complexity index is 813. The van der Waals surface area contributed by atoms with Gasteiger partial charge in [0.05, 0.1) is 0 Å². The predicted octanol–water partition coefficient (Wildman–Crippen LogP) is 6.67. The minimum Gasteiger partial charge on any atom is -0.218 e. The zero-order valence-corrected chi connectivity index (χ0v) is 17.2. The number of nitrogens with zero attached hydrogens (tertiary/aromatic N) is 3.